The molecule has 0 saturated carbocycles. The lowest BCUT2D eigenvalue weighted by Gasteiger charge is -2.30. The molecule has 0 spiro atoms. The van der Waals surface area contributed by atoms with Crippen LogP contribution in [0, 0.1) is 16.0 Å². The highest BCUT2D eigenvalue weighted by atomic mass is 32.2. The van der Waals surface area contributed by atoms with Crippen LogP contribution in [-0.2, 0) is 10.0 Å². The number of benzene rings is 1. The van der Waals surface area contributed by atoms with Crippen molar-refractivity contribution in [2.45, 2.75) is 24.7 Å². The third-order valence-corrected chi connectivity index (χ3v) is 6.23. The molecule has 1 aromatic rings. The van der Waals surface area contributed by atoms with Crippen LogP contribution in [-0.4, -0.2) is 57.9 Å². The van der Waals surface area contributed by atoms with Gasteiger partial charge in [0, 0.05) is 19.2 Å². The Labute approximate surface area is 149 Å². The van der Waals surface area contributed by atoms with Gasteiger partial charge in [0.1, 0.15) is 5.69 Å². The van der Waals surface area contributed by atoms with Crippen molar-refractivity contribution in [3.05, 3.63) is 28.3 Å². The van der Waals surface area contributed by atoms with Crippen molar-refractivity contribution in [3.63, 3.8) is 0 Å². The minimum absolute atomic E-state index is 0.0166. The Morgan fingerprint density at radius 1 is 1.40 bits per heavy atom. The first-order valence-electron chi connectivity index (χ1n) is 8.53. The minimum atomic E-state index is -3.70. The largest absolute Gasteiger partial charge is 0.374 e. The molecule has 0 radical (unpaired) electrons. The Morgan fingerprint density at radius 3 is 2.72 bits per heavy atom. The van der Waals surface area contributed by atoms with Gasteiger partial charge in [-0.25, -0.2) is 8.42 Å². The van der Waals surface area contributed by atoms with Crippen molar-refractivity contribution in [1.82, 2.24) is 4.31 Å². The zero-order valence-electron chi connectivity index (χ0n) is 15.0. The molecule has 0 aliphatic carbocycles. The van der Waals surface area contributed by atoms with E-state index in [4.69, 9.17) is 0 Å². The molecule has 0 amide bonds. The fraction of sp³-hybridized carbons (Fsp3) is 0.625. The zero-order valence-corrected chi connectivity index (χ0v) is 15.8. The van der Waals surface area contributed by atoms with Gasteiger partial charge in [-0.15, -0.1) is 0 Å². The third kappa shape index (κ3) is 4.90. The van der Waals surface area contributed by atoms with E-state index in [1.165, 1.54) is 27.4 Å². The summed E-state index contributed by atoms with van der Waals surface area (Å²) in [5, 5.41) is 14.4. The van der Waals surface area contributed by atoms with Crippen LogP contribution in [0.1, 0.15) is 19.8 Å². The maximum atomic E-state index is 12.8. The molecular formula is C16H27N4O4S+. The topological polar surface area (TPSA) is 97.0 Å². The molecule has 0 aromatic heterocycles. The van der Waals surface area contributed by atoms with Crippen molar-refractivity contribution in [3.8, 4) is 0 Å². The van der Waals surface area contributed by atoms with Gasteiger partial charge in [0.25, 0.3) is 5.69 Å². The van der Waals surface area contributed by atoms with Crippen molar-refractivity contribution in [2.24, 2.45) is 5.92 Å². The number of nitro groups is 1. The monoisotopic (exact) mass is 371 g/mol. The van der Waals surface area contributed by atoms with Crippen LogP contribution < -0.4 is 10.2 Å². The van der Waals surface area contributed by atoms with E-state index in [1.807, 2.05) is 21.0 Å². The molecule has 2 rings (SSSR count). The molecule has 8 nitrogen and oxygen atoms in total. The molecular weight excluding hydrogens is 344 g/mol. The van der Waals surface area contributed by atoms with E-state index in [-0.39, 0.29) is 10.6 Å². The molecule has 2 N–H and O–H groups in total. The van der Waals surface area contributed by atoms with Gasteiger partial charge in [-0.3, -0.25) is 10.1 Å². The van der Waals surface area contributed by atoms with Gasteiger partial charge in [-0.1, -0.05) is 6.92 Å². The Bertz CT molecular complexity index is 721. The normalized spacial score (nSPS) is 19.1. The summed E-state index contributed by atoms with van der Waals surface area (Å²) in [6, 6.07) is 4.11. The van der Waals surface area contributed by atoms with Gasteiger partial charge >= 0.3 is 0 Å². The van der Waals surface area contributed by atoms with Crippen LogP contribution in [0.2, 0.25) is 0 Å². The lowest BCUT2D eigenvalue weighted by Crippen LogP contribution is -3.06. The molecule has 1 saturated heterocycles. The maximum Gasteiger partial charge on any atom is 0.293 e. The van der Waals surface area contributed by atoms with Crippen molar-refractivity contribution < 1.29 is 18.2 Å². The Hall–Kier alpha value is -1.71. The first kappa shape index (κ1) is 19.6. The van der Waals surface area contributed by atoms with E-state index in [0.717, 1.165) is 19.4 Å². The fourth-order valence-corrected chi connectivity index (χ4v) is 4.55. The maximum absolute atomic E-state index is 12.8. The molecule has 1 heterocycles. The first-order valence-corrected chi connectivity index (χ1v) is 9.97. The number of likely N-dealkylation sites (N-methyl/N-ethyl adjacent to an activating group) is 1. The average molecular weight is 371 g/mol. The molecule has 0 bridgehead atoms. The van der Waals surface area contributed by atoms with Crippen LogP contribution in [0.15, 0.2) is 23.1 Å². The second-order valence-electron chi connectivity index (χ2n) is 6.93. The van der Waals surface area contributed by atoms with Crippen molar-refractivity contribution in [1.29, 1.82) is 0 Å². The first-order chi connectivity index (χ1) is 11.7. The molecule has 1 aliphatic heterocycles. The minimum Gasteiger partial charge on any atom is -0.374 e. The summed E-state index contributed by atoms with van der Waals surface area (Å²) in [4.78, 5) is 12.0. The number of quaternary nitrogens is 1. The number of sulfonamides is 1. The van der Waals surface area contributed by atoms with E-state index < -0.39 is 14.9 Å². The number of nitro benzene ring substituents is 1. The van der Waals surface area contributed by atoms with Gasteiger partial charge < -0.3 is 10.2 Å². The quantitative estimate of drug-likeness (QED) is 0.540. The number of rotatable bonds is 7. The molecule has 9 heteroatoms. The van der Waals surface area contributed by atoms with E-state index in [9.17, 15) is 18.5 Å². The average Bonchev–Trinajstić information content (AvgIpc) is 2.54. The van der Waals surface area contributed by atoms with Crippen molar-refractivity contribution in [2.75, 3.05) is 45.6 Å². The Kier molecular flexibility index (Phi) is 6.36. The highest BCUT2D eigenvalue weighted by Crippen LogP contribution is 2.30. The third-order valence-electron chi connectivity index (χ3n) is 4.36. The summed E-state index contributed by atoms with van der Waals surface area (Å²) in [6.07, 6.45) is 1.82. The van der Waals surface area contributed by atoms with Gasteiger partial charge in [0.15, 0.2) is 0 Å². The number of hydrogen-bond acceptors (Lipinski definition) is 5. The second kappa shape index (κ2) is 8.11. The SMILES string of the molecule is C[C@H]1CCCN(S(=O)(=O)c2ccc(NCC[NH+](C)C)c([N+](=O)[O-])c2)C1. The molecule has 25 heavy (non-hydrogen) atoms. The van der Waals surface area contributed by atoms with Gasteiger partial charge in [0.05, 0.1) is 37.0 Å². The Balaban J connectivity index is 2.26. The standard InChI is InChI=1S/C16H26N4O4S/c1-13-5-4-9-19(12-13)25(23,24)14-6-7-15(16(11-14)20(21)22)17-8-10-18(2)3/h6-7,11,13,17H,4-5,8-10,12H2,1-3H3/p+1/t13-/m0/s1. The number of nitrogens with zero attached hydrogens (tertiary/aromatic N) is 2. The number of anilines is 1. The smallest absolute Gasteiger partial charge is 0.293 e. The van der Waals surface area contributed by atoms with E-state index >= 15 is 0 Å². The number of hydrogen-bond donors (Lipinski definition) is 2. The fourth-order valence-electron chi connectivity index (χ4n) is 2.93. The van der Waals surface area contributed by atoms with E-state index in [1.54, 1.807) is 0 Å². The summed E-state index contributed by atoms with van der Waals surface area (Å²) < 4.78 is 27.0. The molecule has 0 unspecified atom stereocenters. The van der Waals surface area contributed by atoms with Crippen molar-refractivity contribution >= 4 is 21.4 Å². The van der Waals surface area contributed by atoms with Gasteiger partial charge in [-0.05, 0) is 30.9 Å². The molecule has 1 fully saturated rings. The van der Waals surface area contributed by atoms with Gasteiger partial charge in [0.2, 0.25) is 10.0 Å². The second-order valence-corrected chi connectivity index (χ2v) is 8.87. The molecule has 1 aromatic carbocycles. The van der Waals surface area contributed by atoms with Crippen LogP contribution in [0.4, 0.5) is 11.4 Å². The molecule has 140 valence electrons. The van der Waals surface area contributed by atoms with Crippen LogP contribution >= 0.6 is 0 Å². The summed E-state index contributed by atoms with van der Waals surface area (Å²) in [7, 11) is 0.278. The van der Waals surface area contributed by atoms with Gasteiger partial charge in [-0.2, -0.15) is 4.31 Å². The predicted molar refractivity (Wildman–Crippen MR) is 96.4 cm³/mol. The lowest BCUT2D eigenvalue weighted by molar-refractivity contribution is -0.856. The van der Waals surface area contributed by atoms with Crippen LogP contribution in [0.25, 0.3) is 0 Å². The number of piperidine rings is 1. The summed E-state index contributed by atoms with van der Waals surface area (Å²) in [5.41, 5.74) is 0.136. The highest BCUT2D eigenvalue weighted by Gasteiger charge is 2.30. The predicted octanol–water partition coefficient (Wildman–Crippen LogP) is 0.572. The summed E-state index contributed by atoms with van der Waals surface area (Å²) in [5.74, 6) is 0.299. The molecule has 1 aliphatic rings. The molecule has 1 atom stereocenters. The summed E-state index contributed by atoms with van der Waals surface area (Å²) >= 11 is 0. The summed E-state index contributed by atoms with van der Waals surface area (Å²) in [6.45, 7) is 4.31. The van der Waals surface area contributed by atoms with E-state index in [0.29, 0.717) is 31.2 Å². The highest BCUT2D eigenvalue weighted by molar-refractivity contribution is 7.89. The van der Waals surface area contributed by atoms with E-state index in [2.05, 4.69) is 5.32 Å². The zero-order chi connectivity index (χ0) is 18.6. The van der Waals surface area contributed by atoms with Crippen LogP contribution in [0.3, 0.4) is 0 Å². The Morgan fingerprint density at radius 2 is 2.12 bits per heavy atom. The van der Waals surface area contributed by atoms with Crippen LogP contribution in [0.5, 0.6) is 0 Å². The number of nitrogens with one attached hydrogen (secondary N) is 2. The lowest BCUT2D eigenvalue weighted by atomic mass is 10.0.